The predicted octanol–water partition coefficient (Wildman–Crippen LogP) is -2.98. The molecule has 0 aromatic heterocycles. The number of aliphatic hydroxyl groups excluding tert-OH is 2. The monoisotopic (exact) mass is 1250 g/mol. The zero-order valence-corrected chi connectivity index (χ0v) is 51.9. The van der Waals surface area contributed by atoms with Crippen molar-refractivity contribution in [3.8, 4) is 5.75 Å². The minimum absolute atomic E-state index is 0.00170. The number of guanidine groups is 1. The van der Waals surface area contributed by atoms with Crippen LogP contribution in [0.4, 0.5) is 0 Å². The number of aromatic hydroxyl groups is 1. The van der Waals surface area contributed by atoms with Crippen LogP contribution in [0.3, 0.4) is 0 Å². The molecule has 0 spiro atoms. The van der Waals surface area contributed by atoms with E-state index in [2.05, 4.69) is 52.8 Å². The average Bonchev–Trinajstić information content (AvgIpc) is 2.90. The molecule has 1 rings (SSSR count). The Morgan fingerprint density at radius 2 is 1.01 bits per heavy atom. The van der Waals surface area contributed by atoms with Crippen molar-refractivity contribution in [1.82, 2.24) is 47.9 Å². The van der Waals surface area contributed by atoms with Crippen LogP contribution in [0.2, 0.25) is 0 Å². The van der Waals surface area contributed by atoms with Crippen LogP contribution in [0.5, 0.6) is 5.75 Å². The van der Waals surface area contributed by atoms with Gasteiger partial charge in [0.2, 0.25) is 53.2 Å². The Kier molecular flexibility index (Phi) is 36.5. The minimum atomic E-state index is -1.88. The van der Waals surface area contributed by atoms with Gasteiger partial charge in [-0.2, -0.15) is 11.8 Å². The maximum atomic E-state index is 14.5. The molecule has 87 heavy (non-hydrogen) atoms. The summed E-state index contributed by atoms with van der Waals surface area (Å²) in [5.74, 6) is -12.4. The number of hydrogen-bond acceptors (Lipinski definition) is 18. The van der Waals surface area contributed by atoms with Gasteiger partial charge in [-0.25, -0.2) is 4.79 Å². The Bertz CT molecular complexity index is 2440. The highest BCUT2D eigenvalue weighted by Crippen LogP contribution is 2.16. The number of carbonyl (C=O) groups excluding carboxylic acids is 9. The lowest BCUT2D eigenvalue weighted by atomic mass is 9.95. The molecule has 31 heteroatoms. The molecule has 0 unspecified atom stereocenters. The SMILES string of the molecule is CC[C@H](C)[C@H](NC(=O)[C@H](CCCN=C(N)N)NC(=O)[C@H](CO)NC(=O)[C@@H](NC(=O)[C@@H](N)CCSC)[C@@H](C)CC)C(=O)N[C@@H](CC(C)C)C(=O)N[C@@H](Cc1ccc(O)cc1)C(=O)N[C@H](C(=O)N[C@@H](CCC(=O)O)C(=O)N[C@@H](CCCCN)C(=O)O)[C@@H](C)O. The van der Waals surface area contributed by atoms with Gasteiger partial charge in [-0.3, -0.25) is 52.9 Å². The highest BCUT2D eigenvalue weighted by atomic mass is 32.2. The fourth-order valence-corrected chi connectivity index (χ4v) is 9.08. The fourth-order valence-electron chi connectivity index (χ4n) is 8.59. The number of carboxylic acids is 2. The first-order chi connectivity index (χ1) is 40.9. The van der Waals surface area contributed by atoms with E-state index in [1.807, 2.05) is 6.26 Å². The smallest absolute Gasteiger partial charge is 0.326 e. The molecule has 0 radical (unpaired) electrons. The third kappa shape index (κ3) is 29.3. The number of aliphatic hydroxyl groups is 2. The number of rotatable bonds is 43. The molecule has 492 valence electrons. The second-order valence-electron chi connectivity index (χ2n) is 21.9. The number of nitrogens with one attached hydrogen (secondary N) is 9. The average molecular weight is 1250 g/mol. The van der Waals surface area contributed by atoms with Crippen LogP contribution in [0.1, 0.15) is 125 Å². The van der Waals surface area contributed by atoms with Crippen LogP contribution < -0.4 is 70.8 Å². The number of nitrogens with zero attached hydrogens (tertiary/aromatic N) is 1. The third-order valence-electron chi connectivity index (χ3n) is 14.2. The summed E-state index contributed by atoms with van der Waals surface area (Å²) in [4.78, 5) is 153. The zero-order chi connectivity index (χ0) is 66.1. The van der Waals surface area contributed by atoms with Gasteiger partial charge in [0.05, 0.1) is 18.8 Å². The summed E-state index contributed by atoms with van der Waals surface area (Å²) in [6.07, 6.45) is 0.282. The number of aliphatic imine (C=N–C) groups is 1. The number of carbonyl (C=O) groups is 11. The van der Waals surface area contributed by atoms with Crippen LogP contribution in [-0.4, -0.2) is 195 Å². The van der Waals surface area contributed by atoms with Crippen LogP contribution in [0, 0.1) is 17.8 Å². The molecule has 0 aliphatic rings. The number of unbranched alkanes of at least 4 members (excludes halogenated alkanes) is 1. The molecule has 0 heterocycles. The molecule has 0 saturated carbocycles. The number of benzene rings is 1. The van der Waals surface area contributed by atoms with E-state index in [9.17, 15) is 78.3 Å². The highest BCUT2D eigenvalue weighted by Gasteiger charge is 2.38. The minimum Gasteiger partial charge on any atom is -0.508 e. The molecule has 1 aromatic rings. The van der Waals surface area contributed by atoms with Crippen molar-refractivity contribution in [2.24, 2.45) is 45.7 Å². The zero-order valence-electron chi connectivity index (χ0n) is 51.1. The normalized spacial score (nSPS) is 15.7. The molecular formula is C56H96N14O16S. The molecule has 0 fully saturated rings. The largest absolute Gasteiger partial charge is 0.508 e. The van der Waals surface area contributed by atoms with Crippen molar-refractivity contribution in [3.05, 3.63) is 29.8 Å². The van der Waals surface area contributed by atoms with Crippen LogP contribution in [0.25, 0.3) is 0 Å². The Labute approximate surface area is 512 Å². The Hall–Kier alpha value is -7.35. The first-order valence-electron chi connectivity index (χ1n) is 29.2. The number of nitrogens with two attached hydrogens (primary N) is 4. The molecule has 9 amide bonds. The van der Waals surface area contributed by atoms with Crippen molar-refractivity contribution >= 4 is 82.8 Å². The lowest BCUT2D eigenvalue weighted by Gasteiger charge is -2.30. The van der Waals surface area contributed by atoms with E-state index in [1.54, 1.807) is 41.5 Å². The van der Waals surface area contributed by atoms with Gasteiger partial charge in [0, 0.05) is 19.4 Å². The summed E-state index contributed by atoms with van der Waals surface area (Å²) in [5, 5.41) is 73.1. The van der Waals surface area contributed by atoms with E-state index < -0.39 is 163 Å². The third-order valence-corrected chi connectivity index (χ3v) is 14.8. The predicted molar refractivity (Wildman–Crippen MR) is 325 cm³/mol. The van der Waals surface area contributed by atoms with Crippen LogP contribution in [0.15, 0.2) is 29.3 Å². The maximum Gasteiger partial charge on any atom is 0.326 e. The van der Waals surface area contributed by atoms with Gasteiger partial charge in [-0.05, 0) is 112 Å². The summed E-state index contributed by atoms with van der Waals surface area (Å²) in [7, 11) is 0. The number of phenolic OH excluding ortho intramolecular Hbond substituents is 1. The molecule has 22 N–H and O–H groups in total. The van der Waals surface area contributed by atoms with Gasteiger partial charge in [0.25, 0.3) is 0 Å². The summed E-state index contributed by atoms with van der Waals surface area (Å²) in [5.41, 5.74) is 23.0. The van der Waals surface area contributed by atoms with E-state index in [4.69, 9.17) is 22.9 Å². The summed E-state index contributed by atoms with van der Waals surface area (Å²) in [6.45, 7) is 10.8. The molecule has 0 bridgehead atoms. The molecule has 0 saturated heterocycles. The van der Waals surface area contributed by atoms with Crippen molar-refractivity contribution in [3.63, 3.8) is 0 Å². The van der Waals surface area contributed by atoms with Crippen molar-refractivity contribution in [1.29, 1.82) is 0 Å². The summed E-state index contributed by atoms with van der Waals surface area (Å²) < 4.78 is 0. The van der Waals surface area contributed by atoms with Crippen molar-refractivity contribution in [2.75, 3.05) is 31.7 Å². The molecule has 0 aliphatic heterocycles. The fraction of sp³-hybridized carbons (Fsp3) is 0.679. The molecule has 30 nitrogen and oxygen atoms in total. The number of thioether (sulfide) groups is 1. The molecule has 1 aromatic carbocycles. The summed E-state index contributed by atoms with van der Waals surface area (Å²) in [6, 6.07) is -9.11. The second kappa shape index (κ2) is 40.9. The second-order valence-corrected chi connectivity index (χ2v) is 22.9. The lowest BCUT2D eigenvalue weighted by molar-refractivity contribution is -0.143. The van der Waals surface area contributed by atoms with Gasteiger partial charge < -0.3 is 96.3 Å². The van der Waals surface area contributed by atoms with Gasteiger partial charge in [-0.15, -0.1) is 0 Å². The van der Waals surface area contributed by atoms with Gasteiger partial charge in [0.1, 0.15) is 60.1 Å². The number of amides is 9. The standard InChI is InChI=1S/C56H96N14O16S/c1-9-30(5)43(68-46(76)35(58)22-25-87-8)53(83)67-41(28-71)51(81)62-36(15-13-24-61-56(59)60)48(78)69-44(31(6)10-2)52(82)66-39(26-29(3)4)49(79)65-40(27-33-16-18-34(73)19-17-33)50(80)70-45(32(7)72)54(84)63-37(20-21-42(74)75)47(77)64-38(55(85)86)14-11-12-23-57/h16-19,29-32,35-41,43-45,71-73H,9-15,20-28,57-58H2,1-8H3,(H,62,81)(H,63,84)(H,64,77)(H,65,79)(H,66,82)(H,67,83)(H,68,76)(H,69,78)(H,70,80)(H,74,75)(H,85,86)(H4,59,60,61)/t30-,31-,32+,35-,36-,37-,38-,39-,40-,41-,43-,44-,45-/m0/s1. The quantitative estimate of drug-likeness (QED) is 0.0176. The van der Waals surface area contributed by atoms with E-state index in [1.165, 1.54) is 36.0 Å². The number of aliphatic carboxylic acids is 2. The molecular weight excluding hydrogens is 1160 g/mol. The molecule has 0 aliphatic carbocycles. The van der Waals surface area contributed by atoms with Gasteiger partial charge in [-0.1, -0.05) is 66.5 Å². The van der Waals surface area contributed by atoms with E-state index in [0.29, 0.717) is 37.0 Å². The van der Waals surface area contributed by atoms with Crippen LogP contribution >= 0.6 is 11.8 Å². The number of hydrogen-bond donors (Lipinski definition) is 18. The first-order valence-corrected chi connectivity index (χ1v) is 30.6. The lowest BCUT2D eigenvalue weighted by Crippen LogP contribution is -2.62. The van der Waals surface area contributed by atoms with Gasteiger partial charge >= 0.3 is 11.9 Å². The topological polar surface area (TPSA) is 514 Å². The molecule has 13 atom stereocenters. The first kappa shape index (κ1) is 77.7. The van der Waals surface area contributed by atoms with Gasteiger partial charge in [0.15, 0.2) is 5.96 Å². The van der Waals surface area contributed by atoms with E-state index in [-0.39, 0.29) is 69.2 Å². The Morgan fingerprint density at radius 1 is 0.563 bits per heavy atom. The van der Waals surface area contributed by atoms with E-state index in [0.717, 1.165) is 6.92 Å². The van der Waals surface area contributed by atoms with E-state index >= 15 is 0 Å². The van der Waals surface area contributed by atoms with Crippen LogP contribution in [-0.2, 0) is 59.2 Å². The summed E-state index contributed by atoms with van der Waals surface area (Å²) >= 11 is 1.48. The number of carboxylic acid groups (broad SMARTS) is 2. The van der Waals surface area contributed by atoms with Crippen molar-refractivity contribution in [2.45, 2.75) is 192 Å². The maximum absolute atomic E-state index is 14.5. The number of phenols is 1. The highest BCUT2D eigenvalue weighted by molar-refractivity contribution is 7.98. The Morgan fingerprint density at radius 3 is 1.52 bits per heavy atom. The van der Waals surface area contributed by atoms with Crippen molar-refractivity contribution < 1.29 is 78.3 Å². The Balaban J connectivity index is 3.67.